The van der Waals surface area contributed by atoms with Gasteiger partial charge in [-0.2, -0.15) is 0 Å². The van der Waals surface area contributed by atoms with E-state index in [1.54, 1.807) is 6.92 Å². The minimum Gasteiger partial charge on any atom is -0.493 e. The van der Waals surface area contributed by atoms with Crippen LogP contribution in [0, 0.1) is 6.92 Å². The van der Waals surface area contributed by atoms with E-state index in [9.17, 15) is 4.79 Å². The van der Waals surface area contributed by atoms with Crippen molar-refractivity contribution >= 4 is 5.78 Å². The number of Topliss-reactive ketones (excluding diaryl/α,β-unsaturated/α-hetero) is 1. The van der Waals surface area contributed by atoms with Crippen molar-refractivity contribution in [2.45, 2.75) is 52.9 Å². The molecule has 0 spiro atoms. The van der Waals surface area contributed by atoms with Gasteiger partial charge in [0.25, 0.3) is 0 Å². The number of aryl methyl sites for hydroxylation is 1. The molecule has 18 heavy (non-hydrogen) atoms. The fourth-order valence-electron chi connectivity index (χ4n) is 1.78. The lowest BCUT2D eigenvalue weighted by atomic mass is 9.86. The molecule has 0 aliphatic carbocycles. The predicted octanol–water partition coefficient (Wildman–Crippen LogP) is 4.04. The summed E-state index contributed by atoms with van der Waals surface area (Å²) in [5, 5.41) is 0. The largest absolute Gasteiger partial charge is 0.493 e. The summed E-state index contributed by atoms with van der Waals surface area (Å²) in [6.07, 6.45) is 1.38. The lowest BCUT2D eigenvalue weighted by Crippen LogP contribution is -2.11. The van der Waals surface area contributed by atoms with Crippen molar-refractivity contribution in [2.75, 3.05) is 6.61 Å². The van der Waals surface area contributed by atoms with E-state index in [0.29, 0.717) is 13.0 Å². The van der Waals surface area contributed by atoms with Gasteiger partial charge in [-0.15, -0.1) is 0 Å². The molecule has 0 fully saturated rings. The van der Waals surface area contributed by atoms with Crippen LogP contribution in [-0.2, 0) is 10.2 Å². The molecule has 2 nitrogen and oxygen atoms in total. The van der Waals surface area contributed by atoms with Crippen molar-refractivity contribution < 1.29 is 9.53 Å². The second-order valence-electron chi connectivity index (χ2n) is 5.88. The standard InChI is InChI=1S/C16H24O2/c1-12-11-14(16(3,4)5)8-9-15(12)18-10-6-7-13(2)17/h8-9,11H,6-7,10H2,1-5H3. The maximum atomic E-state index is 10.8. The number of hydrogen-bond acceptors (Lipinski definition) is 2. The number of rotatable bonds is 5. The van der Waals surface area contributed by atoms with Crippen LogP contribution in [-0.4, -0.2) is 12.4 Å². The zero-order valence-electron chi connectivity index (χ0n) is 12.2. The van der Waals surface area contributed by atoms with Crippen LogP contribution in [0.5, 0.6) is 5.75 Å². The summed E-state index contributed by atoms with van der Waals surface area (Å²) >= 11 is 0. The SMILES string of the molecule is CC(=O)CCCOc1ccc(C(C)(C)C)cc1C. The highest BCUT2D eigenvalue weighted by atomic mass is 16.5. The van der Waals surface area contributed by atoms with E-state index in [-0.39, 0.29) is 11.2 Å². The molecule has 0 aliphatic rings. The minimum absolute atomic E-state index is 0.165. The Morgan fingerprint density at radius 3 is 2.44 bits per heavy atom. The number of carbonyl (C=O) groups excluding carboxylic acids is 1. The van der Waals surface area contributed by atoms with Crippen LogP contribution in [0.3, 0.4) is 0 Å². The Kier molecular flexibility index (Phi) is 4.94. The van der Waals surface area contributed by atoms with Crippen LogP contribution in [0.1, 0.15) is 51.7 Å². The summed E-state index contributed by atoms with van der Waals surface area (Å²) in [6.45, 7) is 10.9. The van der Waals surface area contributed by atoms with Crippen molar-refractivity contribution in [2.24, 2.45) is 0 Å². The van der Waals surface area contributed by atoms with Crippen molar-refractivity contribution in [1.82, 2.24) is 0 Å². The molecule has 0 saturated heterocycles. The molecule has 0 amide bonds. The van der Waals surface area contributed by atoms with Crippen molar-refractivity contribution in [3.63, 3.8) is 0 Å². The summed E-state index contributed by atoms with van der Waals surface area (Å²) in [5.41, 5.74) is 2.64. The average molecular weight is 248 g/mol. The lowest BCUT2D eigenvalue weighted by Gasteiger charge is -2.20. The molecule has 1 aromatic rings. The lowest BCUT2D eigenvalue weighted by molar-refractivity contribution is -0.117. The monoisotopic (exact) mass is 248 g/mol. The van der Waals surface area contributed by atoms with Gasteiger partial charge in [-0.25, -0.2) is 0 Å². The van der Waals surface area contributed by atoms with Crippen molar-refractivity contribution in [3.05, 3.63) is 29.3 Å². The van der Waals surface area contributed by atoms with E-state index in [0.717, 1.165) is 17.7 Å². The van der Waals surface area contributed by atoms with Gasteiger partial charge in [0.2, 0.25) is 0 Å². The fraction of sp³-hybridized carbons (Fsp3) is 0.562. The van der Waals surface area contributed by atoms with Crippen LogP contribution < -0.4 is 4.74 Å². The van der Waals surface area contributed by atoms with Gasteiger partial charge in [-0.05, 0) is 42.9 Å². The molecule has 1 rings (SSSR count). The van der Waals surface area contributed by atoms with Gasteiger partial charge in [-0.3, -0.25) is 0 Å². The molecule has 0 heterocycles. The van der Waals surface area contributed by atoms with Crippen LogP contribution in [0.15, 0.2) is 18.2 Å². The third kappa shape index (κ3) is 4.52. The third-order valence-corrected chi connectivity index (χ3v) is 2.97. The predicted molar refractivity (Wildman–Crippen MR) is 75.3 cm³/mol. The Balaban J connectivity index is 2.60. The molecule has 0 bridgehead atoms. The maximum Gasteiger partial charge on any atom is 0.129 e. The van der Waals surface area contributed by atoms with Gasteiger partial charge >= 0.3 is 0 Å². The van der Waals surface area contributed by atoms with E-state index in [1.807, 2.05) is 6.07 Å². The molecule has 100 valence electrons. The van der Waals surface area contributed by atoms with E-state index >= 15 is 0 Å². The molecule has 0 radical (unpaired) electrons. The second kappa shape index (κ2) is 6.03. The minimum atomic E-state index is 0.165. The summed E-state index contributed by atoms with van der Waals surface area (Å²) in [4.78, 5) is 10.8. The quantitative estimate of drug-likeness (QED) is 0.735. The van der Waals surface area contributed by atoms with Gasteiger partial charge in [0.05, 0.1) is 6.61 Å². The molecule has 0 unspecified atom stereocenters. The first-order valence-electron chi connectivity index (χ1n) is 6.54. The van der Waals surface area contributed by atoms with Crippen molar-refractivity contribution in [3.8, 4) is 5.75 Å². The molecule has 0 aromatic heterocycles. The highest BCUT2D eigenvalue weighted by molar-refractivity contribution is 5.75. The highest BCUT2D eigenvalue weighted by Crippen LogP contribution is 2.27. The second-order valence-corrected chi connectivity index (χ2v) is 5.88. The first kappa shape index (κ1) is 14.7. The summed E-state index contributed by atoms with van der Waals surface area (Å²) in [5.74, 6) is 1.14. The zero-order chi connectivity index (χ0) is 13.8. The molecule has 2 heteroatoms. The molecule has 0 saturated carbocycles. The number of ketones is 1. The van der Waals surface area contributed by atoms with Crippen LogP contribution >= 0.6 is 0 Å². The Labute approximate surface area is 110 Å². The summed E-state index contributed by atoms with van der Waals surface area (Å²) in [7, 11) is 0. The van der Waals surface area contributed by atoms with Gasteiger partial charge in [0.1, 0.15) is 11.5 Å². The Bertz CT molecular complexity index is 414. The molecule has 0 N–H and O–H groups in total. The van der Waals surface area contributed by atoms with Crippen molar-refractivity contribution in [1.29, 1.82) is 0 Å². The van der Waals surface area contributed by atoms with Crippen LogP contribution in [0.25, 0.3) is 0 Å². The first-order valence-corrected chi connectivity index (χ1v) is 6.54. The first-order chi connectivity index (χ1) is 8.30. The normalized spacial score (nSPS) is 11.4. The summed E-state index contributed by atoms with van der Waals surface area (Å²) in [6, 6.07) is 6.33. The van der Waals surface area contributed by atoms with E-state index in [1.165, 1.54) is 5.56 Å². The molecular formula is C16H24O2. The van der Waals surface area contributed by atoms with Gasteiger partial charge < -0.3 is 9.53 Å². The molecule has 1 aromatic carbocycles. The average Bonchev–Trinajstić information content (AvgIpc) is 2.24. The number of carbonyl (C=O) groups is 1. The van der Waals surface area contributed by atoms with E-state index in [2.05, 4.69) is 39.8 Å². The van der Waals surface area contributed by atoms with E-state index < -0.39 is 0 Å². The number of ether oxygens (including phenoxy) is 1. The highest BCUT2D eigenvalue weighted by Gasteiger charge is 2.14. The maximum absolute atomic E-state index is 10.8. The Morgan fingerprint density at radius 1 is 1.28 bits per heavy atom. The summed E-state index contributed by atoms with van der Waals surface area (Å²) < 4.78 is 5.70. The van der Waals surface area contributed by atoms with Crippen LogP contribution in [0.2, 0.25) is 0 Å². The zero-order valence-corrected chi connectivity index (χ0v) is 12.2. The van der Waals surface area contributed by atoms with Gasteiger partial charge in [-0.1, -0.05) is 32.9 Å². The topological polar surface area (TPSA) is 26.3 Å². The molecule has 0 aliphatic heterocycles. The fourth-order valence-corrected chi connectivity index (χ4v) is 1.78. The Hall–Kier alpha value is -1.31. The van der Waals surface area contributed by atoms with Crippen LogP contribution in [0.4, 0.5) is 0 Å². The van der Waals surface area contributed by atoms with Gasteiger partial charge in [0, 0.05) is 6.42 Å². The molecule has 0 atom stereocenters. The van der Waals surface area contributed by atoms with Gasteiger partial charge in [0.15, 0.2) is 0 Å². The van der Waals surface area contributed by atoms with E-state index in [4.69, 9.17) is 4.74 Å². The third-order valence-electron chi connectivity index (χ3n) is 2.97. The molecular weight excluding hydrogens is 224 g/mol. The Morgan fingerprint density at radius 2 is 1.94 bits per heavy atom. The number of benzene rings is 1. The smallest absolute Gasteiger partial charge is 0.129 e. The number of hydrogen-bond donors (Lipinski definition) is 0.